The maximum Gasteiger partial charge on any atom is 0.224 e. The van der Waals surface area contributed by atoms with E-state index in [1.807, 2.05) is 48.5 Å². The van der Waals surface area contributed by atoms with Crippen LogP contribution in [0.2, 0.25) is 0 Å². The van der Waals surface area contributed by atoms with Gasteiger partial charge in [0.2, 0.25) is 5.91 Å². The van der Waals surface area contributed by atoms with Crippen LogP contribution in [0.25, 0.3) is 0 Å². The van der Waals surface area contributed by atoms with Crippen molar-refractivity contribution in [1.29, 1.82) is 0 Å². The Hall–Kier alpha value is -3.51. The topological polar surface area (TPSA) is 65.5 Å². The van der Waals surface area contributed by atoms with Crippen molar-refractivity contribution in [3.8, 4) is 0 Å². The Labute approximate surface area is 219 Å². The largest absolute Gasteiger partial charge is 0.371 e. The molecule has 2 fully saturated rings. The van der Waals surface area contributed by atoms with Gasteiger partial charge in [-0.05, 0) is 62.1 Å². The lowest BCUT2D eigenvalue weighted by Gasteiger charge is -2.42. The van der Waals surface area contributed by atoms with Gasteiger partial charge in [-0.15, -0.1) is 0 Å². The van der Waals surface area contributed by atoms with E-state index in [1.54, 1.807) is 6.20 Å². The third kappa shape index (κ3) is 6.63. The zero-order chi connectivity index (χ0) is 25.5. The first-order valence-corrected chi connectivity index (χ1v) is 13.5. The van der Waals surface area contributed by atoms with Crippen LogP contribution >= 0.6 is 0 Å². The zero-order valence-corrected chi connectivity index (χ0v) is 21.4. The molecule has 1 N–H and O–H groups in total. The molecule has 2 aliphatic heterocycles. The number of Topliss-reactive ketones (excluding diaryl/α,β-unsaturated/α-hetero) is 1. The SMILES string of the molecule is O=C(Cc1ccc(N2CCC(N3CCCC(C(=O)c4ccccc4)C3)CC2)cc1)NCc1ccccn1. The summed E-state index contributed by atoms with van der Waals surface area (Å²) in [7, 11) is 0. The lowest BCUT2D eigenvalue weighted by Crippen LogP contribution is -2.49. The predicted octanol–water partition coefficient (Wildman–Crippen LogP) is 4.50. The van der Waals surface area contributed by atoms with Gasteiger partial charge in [-0.25, -0.2) is 0 Å². The highest BCUT2D eigenvalue weighted by atomic mass is 16.1. The summed E-state index contributed by atoms with van der Waals surface area (Å²) in [5.41, 5.74) is 3.93. The predicted molar refractivity (Wildman–Crippen MR) is 147 cm³/mol. The van der Waals surface area contributed by atoms with Crippen molar-refractivity contribution >= 4 is 17.4 Å². The summed E-state index contributed by atoms with van der Waals surface area (Å²) in [5.74, 6) is 0.418. The summed E-state index contributed by atoms with van der Waals surface area (Å²) < 4.78 is 0. The van der Waals surface area contributed by atoms with Gasteiger partial charge in [0.05, 0.1) is 18.7 Å². The van der Waals surface area contributed by atoms with Gasteiger partial charge < -0.3 is 10.2 Å². The Morgan fingerprint density at radius 3 is 2.35 bits per heavy atom. The van der Waals surface area contributed by atoms with Crippen molar-refractivity contribution in [3.05, 3.63) is 95.8 Å². The molecule has 6 nitrogen and oxygen atoms in total. The molecule has 1 unspecified atom stereocenters. The molecule has 2 aliphatic rings. The fourth-order valence-corrected chi connectivity index (χ4v) is 5.64. The molecular weight excluding hydrogens is 460 g/mol. The highest BCUT2D eigenvalue weighted by molar-refractivity contribution is 5.98. The highest BCUT2D eigenvalue weighted by Gasteiger charge is 2.32. The second kappa shape index (κ2) is 12.2. The molecule has 5 rings (SSSR count). The van der Waals surface area contributed by atoms with Crippen molar-refractivity contribution in [2.75, 3.05) is 31.1 Å². The van der Waals surface area contributed by atoms with Crippen molar-refractivity contribution in [1.82, 2.24) is 15.2 Å². The molecule has 0 aliphatic carbocycles. The van der Waals surface area contributed by atoms with Crippen LogP contribution in [0.15, 0.2) is 79.0 Å². The molecular formula is C31H36N4O2. The van der Waals surface area contributed by atoms with Crippen molar-refractivity contribution in [2.45, 2.75) is 44.7 Å². The average molecular weight is 497 g/mol. The van der Waals surface area contributed by atoms with Gasteiger partial charge >= 0.3 is 0 Å². The van der Waals surface area contributed by atoms with Crippen LogP contribution in [0, 0.1) is 5.92 Å². The molecule has 0 bridgehead atoms. The molecule has 3 heterocycles. The van der Waals surface area contributed by atoms with E-state index in [4.69, 9.17) is 0 Å². The lowest BCUT2D eigenvalue weighted by molar-refractivity contribution is -0.120. The van der Waals surface area contributed by atoms with Crippen molar-refractivity contribution < 1.29 is 9.59 Å². The minimum Gasteiger partial charge on any atom is -0.371 e. The second-order valence-electron chi connectivity index (χ2n) is 10.2. The summed E-state index contributed by atoms with van der Waals surface area (Å²) in [4.78, 5) is 34.6. The number of ketones is 1. The van der Waals surface area contributed by atoms with E-state index in [0.29, 0.717) is 24.8 Å². The fourth-order valence-electron chi connectivity index (χ4n) is 5.64. The van der Waals surface area contributed by atoms with Crippen LogP contribution in [0.4, 0.5) is 5.69 Å². The minimum atomic E-state index is 0.00444. The number of likely N-dealkylation sites (tertiary alicyclic amines) is 1. The maximum absolute atomic E-state index is 13.0. The lowest BCUT2D eigenvalue weighted by atomic mass is 9.88. The van der Waals surface area contributed by atoms with E-state index < -0.39 is 0 Å². The Morgan fingerprint density at radius 2 is 1.62 bits per heavy atom. The summed E-state index contributed by atoms with van der Waals surface area (Å²) in [5, 5.41) is 2.94. The smallest absolute Gasteiger partial charge is 0.224 e. The zero-order valence-electron chi connectivity index (χ0n) is 21.4. The monoisotopic (exact) mass is 496 g/mol. The molecule has 0 radical (unpaired) electrons. The van der Waals surface area contributed by atoms with Crippen molar-refractivity contribution in [2.24, 2.45) is 5.92 Å². The van der Waals surface area contributed by atoms with Gasteiger partial charge in [-0.2, -0.15) is 0 Å². The highest BCUT2D eigenvalue weighted by Crippen LogP contribution is 2.28. The second-order valence-corrected chi connectivity index (χ2v) is 10.2. The molecule has 37 heavy (non-hydrogen) atoms. The number of nitrogens with one attached hydrogen (secondary N) is 1. The number of hydrogen-bond donors (Lipinski definition) is 1. The first-order valence-electron chi connectivity index (χ1n) is 13.5. The summed E-state index contributed by atoms with van der Waals surface area (Å²) in [6, 6.07) is 24.4. The Balaban J connectivity index is 1.08. The number of carbonyl (C=O) groups is 2. The van der Waals surface area contributed by atoms with E-state index in [9.17, 15) is 9.59 Å². The molecule has 6 heteroatoms. The standard InChI is InChI=1S/C31H36N4O2/c36-30(33-22-27-10-4-5-17-32-27)21-24-11-13-28(14-12-24)34-19-15-29(16-20-34)35-18-6-9-26(23-35)31(37)25-7-2-1-3-8-25/h1-5,7-8,10-14,17,26,29H,6,9,15-16,18-23H2,(H,33,36). The molecule has 1 atom stereocenters. The summed E-state index contributed by atoms with van der Waals surface area (Å²) in [6.45, 7) is 4.46. The number of amides is 1. The number of piperidine rings is 2. The average Bonchev–Trinajstić information content (AvgIpc) is 2.97. The number of aromatic nitrogens is 1. The van der Waals surface area contributed by atoms with Gasteiger partial charge in [0, 0.05) is 49.0 Å². The molecule has 1 amide bonds. The molecule has 2 saturated heterocycles. The molecule has 0 saturated carbocycles. The molecule has 192 valence electrons. The third-order valence-corrected chi connectivity index (χ3v) is 7.72. The number of anilines is 1. The fraction of sp³-hybridized carbons (Fsp3) is 0.387. The number of pyridine rings is 1. The van der Waals surface area contributed by atoms with Crippen molar-refractivity contribution in [3.63, 3.8) is 0 Å². The maximum atomic E-state index is 13.0. The Morgan fingerprint density at radius 1 is 0.865 bits per heavy atom. The van der Waals surface area contributed by atoms with E-state index >= 15 is 0 Å². The van der Waals surface area contributed by atoms with E-state index in [1.165, 1.54) is 5.69 Å². The Bertz CT molecular complexity index is 1160. The molecule has 1 aromatic heterocycles. The van der Waals surface area contributed by atoms with Gasteiger partial charge in [-0.3, -0.25) is 19.5 Å². The van der Waals surface area contributed by atoms with Crippen LogP contribution in [0.1, 0.15) is 47.3 Å². The van der Waals surface area contributed by atoms with Gasteiger partial charge in [0.15, 0.2) is 5.78 Å². The van der Waals surface area contributed by atoms with Crippen LogP contribution in [0.3, 0.4) is 0 Å². The number of hydrogen-bond acceptors (Lipinski definition) is 5. The van der Waals surface area contributed by atoms with Crippen LogP contribution < -0.4 is 10.2 Å². The number of carbonyl (C=O) groups excluding carboxylic acids is 2. The quantitative estimate of drug-likeness (QED) is 0.465. The van der Waals surface area contributed by atoms with Crippen LogP contribution in [-0.2, 0) is 17.8 Å². The first kappa shape index (κ1) is 25.2. The van der Waals surface area contributed by atoms with E-state index in [2.05, 4.69) is 44.4 Å². The van der Waals surface area contributed by atoms with Gasteiger partial charge in [0.1, 0.15) is 0 Å². The van der Waals surface area contributed by atoms with E-state index in [-0.39, 0.29) is 11.8 Å². The minimum absolute atomic E-state index is 0.00444. The van der Waals surface area contributed by atoms with Crippen LogP contribution in [0.5, 0.6) is 0 Å². The first-order chi connectivity index (χ1) is 18.2. The summed E-state index contributed by atoms with van der Waals surface area (Å²) >= 11 is 0. The number of rotatable bonds is 8. The number of benzene rings is 2. The molecule has 0 spiro atoms. The normalized spacial score (nSPS) is 18.9. The Kier molecular flexibility index (Phi) is 8.26. The van der Waals surface area contributed by atoms with Gasteiger partial charge in [-0.1, -0.05) is 48.5 Å². The molecule has 3 aromatic rings. The summed E-state index contributed by atoms with van der Waals surface area (Å²) in [6.07, 6.45) is 6.43. The number of nitrogens with zero attached hydrogens (tertiary/aromatic N) is 3. The van der Waals surface area contributed by atoms with E-state index in [0.717, 1.165) is 68.7 Å². The third-order valence-electron chi connectivity index (χ3n) is 7.72. The van der Waals surface area contributed by atoms with Gasteiger partial charge in [0.25, 0.3) is 0 Å². The molecule has 2 aromatic carbocycles. The van der Waals surface area contributed by atoms with Crippen LogP contribution in [-0.4, -0.2) is 53.8 Å².